The maximum Gasteiger partial charge on any atom is 0.317 e. The van der Waals surface area contributed by atoms with Crippen LogP contribution in [0.25, 0.3) is 0 Å². The summed E-state index contributed by atoms with van der Waals surface area (Å²) in [5.74, 6) is 1.28. The Balaban J connectivity index is 1.59. The topological polar surface area (TPSA) is 50.8 Å². The van der Waals surface area contributed by atoms with Crippen molar-refractivity contribution in [2.45, 2.75) is 31.7 Å². The molecule has 1 N–H and O–H groups in total. The zero-order valence-corrected chi connectivity index (χ0v) is 16.4. The Morgan fingerprint density at radius 3 is 2.82 bits per heavy atom. The van der Waals surface area contributed by atoms with Crippen molar-refractivity contribution in [2.75, 3.05) is 27.3 Å². The van der Waals surface area contributed by atoms with Gasteiger partial charge in [-0.15, -0.1) is 0 Å². The minimum Gasteiger partial charge on any atom is -0.497 e. The molecule has 1 unspecified atom stereocenters. The number of methoxy groups -OCH3 is 2. The minimum atomic E-state index is -0.228. The van der Waals surface area contributed by atoms with Gasteiger partial charge in [0, 0.05) is 18.7 Å². The highest BCUT2D eigenvalue weighted by Crippen LogP contribution is 2.38. The quantitative estimate of drug-likeness (QED) is 0.721. The van der Waals surface area contributed by atoms with Crippen molar-refractivity contribution < 1.29 is 18.7 Å². The van der Waals surface area contributed by atoms with Gasteiger partial charge in [0.15, 0.2) is 0 Å². The van der Waals surface area contributed by atoms with Crippen molar-refractivity contribution in [3.8, 4) is 11.5 Å². The molecule has 150 valence electrons. The van der Waals surface area contributed by atoms with Crippen molar-refractivity contribution >= 4 is 6.03 Å². The number of halogens is 1. The average molecular weight is 386 g/mol. The van der Waals surface area contributed by atoms with Crippen LogP contribution in [0.2, 0.25) is 0 Å². The number of carbonyl (C=O) groups is 1. The summed E-state index contributed by atoms with van der Waals surface area (Å²) in [6, 6.07) is 12.1. The number of urea groups is 1. The highest BCUT2D eigenvalue weighted by Gasteiger charge is 2.32. The van der Waals surface area contributed by atoms with Crippen LogP contribution in [-0.4, -0.2) is 38.2 Å². The number of carbonyl (C=O) groups excluding carboxylic acids is 1. The lowest BCUT2D eigenvalue weighted by Crippen LogP contribution is -2.40. The largest absolute Gasteiger partial charge is 0.497 e. The monoisotopic (exact) mass is 386 g/mol. The lowest BCUT2D eigenvalue weighted by molar-refractivity contribution is 0.192. The van der Waals surface area contributed by atoms with Gasteiger partial charge in [0.1, 0.15) is 17.3 Å². The van der Waals surface area contributed by atoms with Crippen LogP contribution in [0.4, 0.5) is 9.18 Å². The Labute approximate surface area is 165 Å². The van der Waals surface area contributed by atoms with Crippen LogP contribution >= 0.6 is 0 Å². The summed E-state index contributed by atoms with van der Waals surface area (Å²) in [7, 11) is 3.26. The molecule has 0 spiro atoms. The Morgan fingerprint density at radius 2 is 2.07 bits per heavy atom. The summed E-state index contributed by atoms with van der Waals surface area (Å²) >= 11 is 0. The van der Waals surface area contributed by atoms with Gasteiger partial charge >= 0.3 is 6.03 Å². The van der Waals surface area contributed by atoms with Gasteiger partial charge in [0.05, 0.1) is 20.3 Å². The zero-order valence-electron chi connectivity index (χ0n) is 16.4. The number of hydrogen-bond acceptors (Lipinski definition) is 3. The molecule has 2 aromatic rings. The average Bonchev–Trinajstić information content (AvgIpc) is 3.20. The van der Waals surface area contributed by atoms with E-state index in [-0.39, 0.29) is 17.9 Å². The van der Waals surface area contributed by atoms with Crippen LogP contribution in [0.3, 0.4) is 0 Å². The Hall–Kier alpha value is -2.76. The van der Waals surface area contributed by atoms with E-state index in [4.69, 9.17) is 9.47 Å². The van der Waals surface area contributed by atoms with Crippen molar-refractivity contribution in [3.63, 3.8) is 0 Å². The molecule has 6 heteroatoms. The molecule has 0 saturated carbocycles. The van der Waals surface area contributed by atoms with E-state index >= 15 is 0 Å². The van der Waals surface area contributed by atoms with Crippen LogP contribution < -0.4 is 14.8 Å². The van der Waals surface area contributed by atoms with Crippen LogP contribution in [0.15, 0.2) is 42.5 Å². The molecule has 1 aliphatic heterocycles. The molecule has 0 aromatic heterocycles. The number of aryl methyl sites for hydroxylation is 1. The normalized spacial score (nSPS) is 16.1. The first kappa shape index (κ1) is 20.0. The molecule has 1 fully saturated rings. The minimum absolute atomic E-state index is 0.0340. The third-order valence-corrected chi connectivity index (χ3v) is 5.12. The van der Waals surface area contributed by atoms with Gasteiger partial charge in [-0.25, -0.2) is 9.18 Å². The fourth-order valence-corrected chi connectivity index (χ4v) is 3.71. The maximum atomic E-state index is 13.2. The predicted octanol–water partition coefficient (Wildman–Crippen LogP) is 4.32. The van der Waals surface area contributed by atoms with Gasteiger partial charge in [-0.3, -0.25) is 0 Å². The summed E-state index contributed by atoms with van der Waals surface area (Å²) in [6.45, 7) is 1.26. The third kappa shape index (κ3) is 4.74. The van der Waals surface area contributed by atoms with E-state index in [0.29, 0.717) is 13.1 Å². The number of nitrogens with one attached hydrogen (secondary N) is 1. The molecule has 1 heterocycles. The van der Waals surface area contributed by atoms with Crippen LogP contribution in [0.5, 0.6) is 11.5 Å². The first-order valence-corrected chi connectivity index (χ1v) is 9.63. The molecule has 5 nitrogen and oxygen atoms in total. The van der Waals surface area contributed by atoms with E-state index < -0.39 is 0 Å². The third-order valence-electron chi connectivity index (χ3n) is 5.12. The Morgan fingerprint density at radius 1 is 1.21 bits per heavy atom. The van der Waals surface area contributed by atoms with Gasteiger partial charge in [-0.1, -0.05) is 12.1 Å². The molecule has 2 amide bonds. The highest BCUT2D eigenvalue weighted by molar-refractivity contribution is 5.75. The molecule has 28 heavy (non-hydrogen) atoms. The maximum absolute atomic E-state index is 13.2. The summed E-state index contributed by atoms with van der Waals surface area (Å²) < 4.78 is 24.1. The molecule has 0 aliphatic carbocycles. The standard InChI is InChI=1S/C22H27FN2O3/c1-27-18-10-11-21(28-2)19(15-18)20-9-5-13-25(20)22(26)24-12-4-7-16-6-3-8-17(23)14-16/h3,6,8,10-11,14-15,20H,4-5,7,9,12-13H2,1-2H3,(H,24,26). The molecular formula is C22H27FN2O3. The molecule has 3 rings (SSSR count). The van der Waals surface area contributed by atoms with Crippen molar-refractivity contribution in [2.24, 2.45) is 0 Å². The second-order valence-corrected chi connectivity index (χ2v) is 6.92. The van der Waals surface area contributed by atoms with Gasteiger partial charge in [-0.2, -0.15) is 0 Å². The van der Waals surface area contributed by atoms with Gasteiger partial charge in [0.25, 0.3) is 0 Å². The first-order chi connectivity index (χ1) is 13.6. The second-order valence-electron chi connectivity index (χ2n) is 6.92. The fourth-order valence-electron chi connectivity index (χ4n) is 3.71. The number of rotatable bonds is 7. The molecular weight excluding hydrogens is 359 g/mol. The van der Waals surface area contributed by atoms with Crippen molar-refractivity contribution in [3.05, 3.63) is 59.4 Å². The fraction of sp³-hybridized carbons (Fsp3) is 0.409. The zero-order chi connectivity index (χ0) is 19.9. The SMILES string of the molecule is COc1ccc(OC)c(C2CCCN2C(=O)NCCCc2cccc(F)c2)c1. The Bertz CT molecular complexity index is 812. The molecule has 1 atom stereocenters. The summed E-state index contributed by atoms with van der Waals surface area (Å²) in [4.78, 5) is 14.6. The number of benzene rings is 2. The molecule has 0 bridgehead atoms. The number of ether oxygens (including phenoxy) is 2. The summed E-state index contributed by atoms with van der Waals surface area (Å²) in [5.41, 5.74) is 1.91. The van der Waals surface area contributed by atoms with E-state index in [9.17, 15) is 9.18 Å². The van der Waals surface area contributed by atoms with Gasteiger partial charge in [-0.05, 0) is 61.6 Å². The molecule has 1 aliphatic rings. The van der Waals surface area contributed by atoms with Gasteiger partial charge in [0.2, 0.25) is 0 Å². The van der Waals surface area contributed by atoms with Crippen molar-refractivity contribution in [1.82, 2.24) is 10.2 Å². The van der Waals surface area contributed by atoms with E-state index in [0.717, 1.165) is 48.3 Å². The van der Waals surface area contributed by atoms with E-state index in [2.05, 4.69) is 5.32 Å². The van der Waals surface area contributed by atoms with Crippen molar-refractivity contribution in [1.29, 1.82) is 0 Å². The number of likely N-dealkylation sites (tertiary alicyclic amines) is 1. The number of nitrogens with zero attached hydrogens (tertiary/aromatic N) is 1. The summed E-state index contributed by atoms with van der Waals surface area (Å²) in [6.07, 6.45) is 3.32. The first-order valence-electron chi connectivity index (χ1n) is 9.63. The lowest BCUT2D eigenvalue weighted by Gasteiger charge is -2.27. The lowest BCUT2D eigenvalue weighted by atomic mass is 10.0. The molecule has 2 aromatic carbocycles. The van der Waals surface area contributed by atoms with E-state index in [1.807, 2.05) is 29.2 Å². The smallest absolute Gasteiger partial charge is 0.317 e. The number of hydrogen-bond donors (Lipinski definition) is 1. The second kappa shape index (κ2) is 9.44. The molecule has 1 saturated heterocycles. The molecule has 0 radical (unpaired) electrons. The summed E-state index contributed by atoms with van der Waals surface area (Å²) in [5, 5.41) is 3.00. The van der Waals surface area contributed by atoms with E-state index in [1.54, 1.807) is 20.3 Å². The number of amides is 2. The highest BCUT2D eigenvalue weighted by atomic mass is 19.1. The van der Waals surface area contributed by atoms with Crippen LogP contribution in [0, 0.1) is 5.82 Å². The van der Waals surface area contributed by atoms with E-state index in [1.165, 1.54) is 12.1 Å². The van der Waals surface area contributed by atoms with Crippen LogP contribution in [0.1, 0.15) is 36.4 Å². The Kier molecular flexibility index (Phi) is 6.74. The van der Waals surface area contributed by atoms with Gasteiger partial charge < -0.3 is 19.7 Å². The predicted molar refractivity (Wildman–Crippen MR) is 106 cm³/mol. The van der Waals surface area contributed by atoms with Crippen LogP contribution in [-0.2, 0) is 6.42 Å².